The van der Waals surface area contributed by atoms with Crippen molar-refractivity contribution in [2.24, 2.45) is 5.92 Å². The summed E-state index contributed by atoms with van der Waals surface area (Å²) < 4.78 is 32.3. The molecule has 3 aliphatic rings. The van der Waals surface area contributed by atoms with Crippen LogP contribution in [0.3, 0.4) is 0 Å². The van der Waals surface area contributed by atoms with Gasteiger partial charge < -0.3 is 32.9 Å². The van der Waals surface area contributed by atoms with E-state index in [2.05, 4.69) is 56.2 Å². The Kier molecular flexibility index (Phi) is 17.7. The van der Waals surface area contributed by atoms with Crippen LogP contribution in [-0.2, 0) is 27.9 Å². The van der Waals surface area contributed by atoms with E-state index in [4.69, 9.17) is 23.1 Å². The van der Waals surface area contributed by atoms with E-state index in [1.807, 2.05) is 82.0 Å². The van der Waals surface area contributed by atoms with Gasteiger partial charge in [0.2, 0.25) is 0 Å². The summed E-state index contributed by atoms with van der Waals surface area (Å²) in [5, 5.41) is 0. The predicted molar refractivity (Wildman–Crippen MR) is 233 cm³/mol. The number of hydrogen-bond acceptors (Lipinski definition) is 9. The molecule has 57 heavy (non-hydrogen) atoms. The van der Waals surface area contributed by atoms with Crippen LogP contribution in [-0.4, -0.2) is 113 Å². The van der Waals surface area contributed by atoms with Crippen LogP contribution in [0.5, 0.6) is 0 Å². The Morgan fingerprint density at radius 3 is 2.40 bits per heavy atom. The lowest BCUT2D eigenvalue weighted by Crippen LogP contribution is -2.51. The van der Waals surface area contributed by atoms with Gasteiger partial charge in [0.1, 0.15) is 11.7 Å². The second kappa shape index (κ2) is 21.5. The van der Waals surface area contributed by atoms with E-state index >= 15 is 0 Å². The highest BCUT2D eigenvalue weighted by Gasteiger charge is 2.42. The summed E-state index contributed by atoms with van der Waals surface area (Å²) >= 11 is 0. The minimum atomic E-state index is -1.61. The summed E-state index contributed by atoms with van der Waals surface area (Å²) in [5.74, 6) is -0.451. The van der Waals surface area contributed by atoms with Gasteiger partial charge in [-0.3, -0.25) is 9.78 Å². The molecule has 0 aromatic carbocycles. The van der Waals surface area contributed by atoms with E-state index in [0.717, 1.165) is 37.2 Å². The summed E-state index contributed by atoms with van der Waals surface area (Å²) in [6.45, 7) is 22.6. The lowest BCUT2D eigenvalue weighted by Gasteiger charge is -2.46. The van der Waals surface area contributed by atoms with Gasteiger partial charge in [-0.05, 0) is 116 Å². The van der Waals surface area contributed by atoms with Crippen molar-refractivity contribution in [3.05, 3.63) is 66.0 Å². The average Bonchev–Trinajstić information content (AvgIpc) is 3.17. The molecule has 7 atom stereocenters. The van der Waals surface area contributed by atoms with Crippen molar-refractivity contribution in [3.8, 4) is 0 Å². The topological polar surface area (TPSA) is 99.7 Å². The molecule has 0 spiro atoms. The van der Waals surface area contributed by atoms with Crippen molar-refractivity contribution in [3.63, 3.8) is 0 Å². The number of allylic oxidation sites excluding steroid dienone is 3. The third kappa shape index (κ3) is 13.9. The molecule has 2 saturated heterocycles. The Hall–Kier alpha value is -2.70. The monoisotopic (exact) mass is 814 g/mol. The number of cyclic esters (lactones) is 1. The van der Waals surface area contributed by atoms with Crippen molar-refractivity contribution in [1.29, 1.82) is 0 Å². The standard InChI is InChI=1S/C46H75N3O7S/c1-12-52-37(5)55-46(9)27-24-39(56-57(10,11)45(6,7)8)33-42(50)54-43(35(3)20-18-19-34(2)40-21-14-15-28-47-40)36(4)22-23-41(46)53-44(51)49-31-25-38(26-32-49)48-29-16-13-17-30-48/h14-15,18-23,28,34,36-39,41,43H,12-13,16-17,24-27,29-33H2,1-11H3/b19-18+,23-22+,35-20+/t34-,36+,37?,39-,41+,43-,46-/m1/s1. The molecule has 1 aromatic rings. The molecule has 10 nitrogen and oxygen atoms in total. The van der Waals surface area contributed by atoms with Crippen LogP contribution in [0.15, 0.2) is 60.3 Å². The highest BCUT2D eigenvalue weighted by Crippen LogP contribution is 2.55. The second-order valence-electron chi connectivity index (χ2n) is 17.9. The molecule has 3 aliphatic heterocycles. The molecule has 11 heteroatoms. The van der Waals surface area contributed by atoms with Gasteiger partial charge in [-0.25, -0.2) is 4.79 Å². The average molecular weight is 814 g/mol. The van der Waals surface area contributed by atoms with Gasteiger partial charge in [0.05, 0.1) is 12.5 Å². The molecule has 1 amide bonds. The summed E-state index contributed by atoms with van der Waals surface area (Å²) in [6.07, 6.45) is 20.3. The number of amides is 1. The van der Waals surface area contributed by atoms with Crippen molar-refractivity contribution < 1.29 is 32.7 Å². The number of nitrogens with zero attached hydrogens (tertiary/aromatic N) is 3. The zero-order chi connectivity index (χ0) is 41.8. The molecule has 4 rings (SSSR count). The van der Waals surface area contributed by atoms with Gasteiger partial charge in [0.25, 0.3) is 0 Å². The van der Waals surface area contributed by atoms with Crippen LogP contribution in [0.2, 0.25) is 0 Å². The second-order valence-corrected chi connectivity index (χ2v) is 21.8. The number of piperidine rings is 2. The number of pyridine rings is 1. The molecule has 0 saturated carbocycles. The molecule has 1 aromatic heterocycles. The predicted octanol–water partition coefficient (Wildman–Crippen LogP) is 9.75. The fourth-order valence-electron chi connectivity index (χ4n) is 7.86. The Morgan fingerprint density at radius 2 is 1.77 bits per heavy atom. The third-order valence-electron chi connectivity index (χ3n) is 12.2. The van der Waals surface area contributed by atoms with Gasteiger partial charge in [-0.2, -0.15) is 0 Å². The molecular formula is C46H75N3O7S. The van der Waals surface area contributed by atoms with Crippen LogP contribution in [0.1, 0.15) is 125 Å². The Morgan fingerprint density at radius 1 is 1.07 bits per heavy atom. The van der Waals surface area contributed by atoms with Gasteiger partial charge in [-0.15, -0.1) is 10.3 Å². The molecule has 1 unspecified atom stereocenters. The van der Waals surface area contributed by atoms with Gasteiger partial charge in [0.15, 0.2) is 12.4 Å². The first-order chi connectivity index (χ1) is 26.9. The quantitative estimate of drug-likeness (QED) is 0.0884. The van der Waals surface area contributed by atoms with Crippen molar-refractivity contribution in [2.75, 3.05) is 45.3 Å². The SMILES string of the molecule is CCOC(C)O[C@]1(C)CC[C@@H](OS(C)(C)C(C)(C)C)CC(=O)O[C@H](/C(C)=C/C=C/[C@@H](C)c2ccccn2)[C@@H](C)/C=C/[C@@H]1OC(=O)N1CCC(N2CCCCC2)CC1. The minimum Gasteiger partial charge on any atom is -0.457 e. The van der Waals surface area contributed by atoms with E-state index in [1.165, 1.54) is 19.3 Å². The summed E-state index contributed by atoms with van der Waals surface area (Å²) in [7, 11) is -1.61. The van der Waals surface area contributed by atoms with Crippen LogP contribution in [0.4, 0.5) is 4.79 Å². The zero-order valence-corrected chi connectivity index (χ0v) is 37.9. The van der Waals surface area contributed by atoms with Crippen LogP contribution in [0.25, 0.3) is 0 Å². The van der Waals surface area contributed by atoms with E-state index < -0.39 is 40.5 Å². The fraction of sp³-hybridized carbons (Fsp3) is 0.717. The van der Waals surface area contributed by atoms with Crippen LogP contribution >= 0.6 is 10.3 Å². The molecule has 322 valence electrons. The Labute approximate surface area is 346 Å². The Bertz CT molecular complexity index is 1500. The molecule has 2 fully saturated rings. The van der Waals surface area contributed by atoms with Crippen LogP contribution in [0, 0.1) is 5.92 Å². The molecule has 0 radical (unpaired) electrons. The largest absolute Gasteiger partial charge is 0.457 e. The zero-order valence-electron chi connectivity index (χ0n) is 37.0. The fourth-order valence-corrected chi connectivity index (χ4v) is 8.99. The Balaban J connectivity index is 1.67. The maximum Gasteiger partial charge on any atom is 0.410 e. The maximum absolute atomic E-state index is 14.1. The van der Waals surface area contributed by atoms with E-state index in [0.29, 0.717) is 38.6 Å². The number of carbonyl (C=O) groups is 2. The van der Waals surface area contributed by atoms with Crippen molar-refractivity contribution >= 4 is 22.4 Å². The maximum atomic E-state index is 14.1. The number of ether oxygens (including phenoxy) is 4. The number of likely N-dealkylation sites (tertiary alicyclic amines) is 2. The number of carbonyl (C=O) groups excluding carboxylic acids is 2. The van der Waals surface area contributed by atoms with E-state index in [-0.39, 0.29) is 35.1 Å². The highest BCUT2D eigenvalue weighted by atomic mass is 32.3. The summed E-state index contributed by atoms with van der Waals surface area (Å²) in [4.78, 5) is 37.0. The van der Waals surface area contributed by atoms with E-state index in [1.54, 1.807) is 6.20 Å². The number of rotatable bonds is 12. The first-order valence-corrected chi connectivity index (χ1v) is 23.8. The third-order valence-corrected chi connectivity index (χ3v) is 15.9. The van der Waals surface area contributed by atoms with E-state index in [9.17, 15) is 9.59 Å². The number of esters is 1. The summed E-state index contributed by atoms with van der Waals surface area (Å²) in [6, 6.07) is 6.43. The highest BCUT2D eigenvalue weighted by molar-refractivity contribution is 8.29. The normalized spacial score (nSPS) is 28.9. The first-order valence-electron chi connectivity index (χ1n) is 21.5. The van der Waals surface area contributed by atoms with Crippen molar-refractivity contribution in [1.82, 2.24) is 14.8 Å². The molecular weight excluding hydrogens is 739 g/mol. The number of hydrogen-bond donors (Lipinski definition) is 0. The minimum absolute atomic E-state index is 0.0901. The molecule has 0 N–H and O–H groups in total. The first kappa shape index (κ1) is 47.0. The lowest BCUT2D eigenvalue weighted by atomic mass is 9.88. The van der Waals surface area contributed by atoms with Gasteiger partial charge in [-0.1, -0.05) is 71.4 Å². The van der Waals surface area contributed by atoms with Crippen LogP contribution < -0.4 is 0 Å². The summed E-state index contributed by atoms with van der Waals surface area (Å²) in [5.41, 5.74) is 0.883. The molecule has 0 bridgehead atoms. The van der Waals surface area contributed by atoms with Gasteiger partial charge in [0, 0.05) is 54.2 Å². The van der Waals surface area contributed by atoms with Gasteiger partial charge >= 0.3 is 12.1 Å². The smallest absolute Gasteiger partial charge is 0.410 e. The lowest BCUT2D eigenvalue weighted by molar-refractivity contribution is -0.221. The molecule has 4 heterocycles. The number of aromatic nitrogens is 1. The molecule has 0 aliphatic carbocycles. The van der Waals surface area contributed by atoms with Crippen molar-refractivity contribution in [2.45, 2.75) is 161 Å².